The van der Waals surface area contributed by atoms with Crippen LogP contribution in [0.25, 0.3) is 16.4 Å². The molecule has 1 aliphatic heterocycles. The zero-order valence-corrected chi connectivity index (χ0v) is 15.0. The van der Waals surface area contributed by atoms with E-state index in [4.69, 9.17) is 0 Å². The molecule has 0 bridgehead atoms. The second-order valence-corrected chi connectivity index (χ2v) is 7.07. The summed E-state index contributed by atoms with van der Waals surface area (Å²) in [5.41, 5.74) is 2.06. The van der Waals surface area contributed by atoms with Crippen LogP contribution in [0, 0.1) is 0 Å². The first-order valence-corrected chi connectivity index (χ1v) is 9.37. The van der Waals surface area contributed by atoms with Crippen LogP contribution < -0.4 is 5.32 Å². The van der Waals surface area contributed by atoms with Crippen LogP contribution in [0.3, 0.4) is 0 Å². The van der Waals surface area contributed by atoms with Crippen molar-refractivity contribution in [3.8, 4) is 0 Å². The van der Waals surface area contributed by atoms with Crippen LogP contribution in [0.1, 0.15) is 18.4 Å². The third kappa shape index (κ3) is 3.21. The second kappa shape index (κ2) is 6.92. The van der Waals surface area contributed by atoms with Crippen molar-refractivity contribution in [1.29, 1.82) is 0 Å². The van der Waals surface area contributed by atoms with Gasteiger partial charge in [-0.05, 0) is 28.8 Å². The molecule has 0 spiro atoms. The molecular weight excluding hydrogens is 338 g/mol. The number of nitrogens with zero attached hydrogens (tertiary/aromatic N) is 6. The van der Waals surface area contributed by atoms with Gasteiger partial charge >= 0.3 is 0 Å². The van der Waals surface area contributed by atoms with Crippen molar-refractivity contribution in [2.45, 2.75) is 25.4 Å². The Morgan fingerprint density at radius 2 is 1.67 bits per heavy atom. The molecular formula is C20H21N7. The van der Waals surface area contributed by atoms with E-state index in [1.54, 1.807) is 0 Å². The molecule has 3 heterocycles. The molecule has 0 aliphatic carbocycles. The van der Waals surface area contributed by atoms with Crippen LogP contribution in [0.4, 0.5) is 5.82 Å². The molecule has 7 heteroatoms. The summed E-state index contributed by atoms with van der Waals surface area (Å²) in [6.07, 6.45) is 2.19. The van der Waals surface area contributed by atoms with E-state index in [0.717, 1.165) is 49.1 Å². The predicted octanol–water partition coefficient (Wildman–Crippen LogP) is 2.75. The van der Waals surface area contributed by atoms with Crippen LogP contribution >= 0.6 is 0 Å². The van der Waals surface area contributed by atoms with Crippen LogP contribution in [-0.4, -0.2) is 49.3 Å². The molecule has 1 N–H and O–H groups in total. The highest BCUT2D eigenvalue weighted by atomic mass is 15.6. The van der Waals surface area contributed by atoms with Crippen molar-refractivity contribution in [2.75, 3.05) is 18.4 Å². The van der Waals surface area contributed by atoms with Gasteiger partial charge in [0.15, 0.2) is 5.82 Å². The fraction of sp³-hybridized carbons (Fsp3) is 0.300. The lowest BCUT2D eigenvalue weighted by Gasteiger charge is -2.32. The molecule has 0 unspecified atom stereocenters. The van der Waals surface area contributed by atoms with Gasteiger partial charge in [-0.25, -0.2) is 0 Å². The van der Waals surface area contributed by atoms with Gasteiger partial charge in [-0.2, -0.15) is 0 Å². The van der Waals surface area contributed by atoms with Gasteiger partial charge in [-0.1, -0.05) is 54.6 Å². The molecule has 7 nitrogen and oxygen atoms in total. The van der Waals surface area contributed by atoms with Crippen LogP contribution in [0.2, 0.25) is 0 Å². The Bertz CT molecular complexity index is 1050. The summed E-state index contributed by atoms with van der Waals surface area (Å²) in [4.78, 5) is 2.52. The van der Waals surface area contributed by atoms with Gasteiger partial charge in [0.1, 0.15) is 0 Å². The average Bonchev–Trinajstić information content (AvgIpc) is 3.19. The molecule has 0 saturated carbocycles. The summed E-state index contributed by atoms with van der Waals surface area (Å²) in [6, 6.07) is 19.2. The number of nitrogens with one attached hydrogen (secondary N) is 1. The standard InChI is InChI=1S/C20H21N7/c1-2-6-15(7-3-1)14-26-12-10-16(11-13-26)21-19-17-8-4-5-9-18(17)20-22-24-25-27(20)23-19/h1-9,16H,10-14H2,(H,21,23). The summed E-state index contributed by atoms with van der Waals surface area (Å²) < 4.78 is 1.51. The van der Waals surface area contributed by atoms with Gasteiger partial charge in [-0.15, -0.1) is 14.8 Å². The molecule has 0 amide bonds. The minimum Gasteiger partial charge on any atom is -0.365 e. The molecule has 1 saturated heterocycles. The predicted molar refractivity (Wildman–Crippen MR) is 104 cm³/mol. The zero-order chi connectivity index (χ0) is 18.1. The van der Waals surface area contributed by atoms with E-state index in [1.807, 2.05) is 18.2 Å². The van der Waals surface area contributed by atoms with Crippen molar-refractivity contribution in [2.24, 2.45) is 0 Å². The summed E-state index contributed by atoms with van der Waals surface area (Å²) in [5.74, 6) is 0.854. The number of aromatic nitrogens is 5. The topological polar surface area (TPSA) is 71.2 Å². The molecule has 27 heavy (non-hydrogen) atoms. The van der Waals surface area contributed by atoms with Crippen molar-refractivity contribution in [1.82, 2.24) is 30.2 Å². The first-order valence-electron chi connectivity index (χ1n) is 9.37. The van der Waals surface area contributed by atoms with Crippen LogP contribution in [0.15, 0.2) is 54.6 Å². The van der Waals surface area contributed by atoms with E-state index in [1.165, 1.54) is 10.2 Å². The van der Waals surface area contributed by atoms with Gasteiger partial charge < -0.3 is 5.32 Å². The van der Waals surface area contributed by atoms with Gasteiger partial charge in [0.25, 0.3) is 0 Å². The largest absolute Gasteiger partial charge is 0.365 e. The number of hydrogen-bond acceptors (Lipinski definition) is 6. The maximum atomic E-state index is 4.60. The number of benzene rings is 2. The normalized spacial score (nSPS) is 16.1. The average molecular weight is 359 g/mol. The van der Waals surface area contributed by atoms with Crippen LogP contribution in [-0.2, 0) is 6.54 Å². The van der Waals surface area contributed by atoms with Gasteiger partial charge in [0.2, 0.25) is 5.65 Å². The second-order valence-electron chi connectivity index (χ2n) is 7.07. The lowest BCUT2D eigenvalue weighted by atomic mass is 10.0. The molecule has 136 valence electrons. The lowest BCUT2D eigenvalue weighted by molar-refractivity contribution is 0.211. The number of piperidine rings is 1. The van der Waals surface area contributed by atoms with E-state index < -0.39 is 0 Å². The van der Waals surface area contributed by atoms with Gasteiger partial charge in [0, 0.05) is 36.4 Å². The number of likely N-dealkylation sites (tertiary alicyclic amines) is 1. The van der Waals surface area contributed by atoms with Crippen molar-refractivity contribution >= 4 is 22.2 Å². The third-order valence-corrected chi connectivity index (χ3v) is 5.25. The van der Waals surface area contributed by atoms with Crippen molar-refractivity contribution in [3.05, 3.63) is 60.2 Å². The first kappa shape index (κ1) is 16.1. The maximum absolute atomic E-state index is 4.60. The van der Waals surface area contributed by atoms with Crippen molar-refractivity contribution < 1.29 is 0 Å². The SMILES string of the molecule is c1ccc(CN2CCC(Nc3nn4nnnc4c4ccccc34)CC2)cc1. The molecule has 2 aromatic carbocycles. The molecule has 0 radical (unpaired) electrons. The number of anilines is 1. The lowest BCUT2D eigenvalue weighted by Crippen LogP contribution is -2.38. The highest BCUT2D eigenvalue weighted by Gasteiger charge is 2.21. The first-order chi connectivity index (χ1) is 13.4. The van der Waals surface area contributed by atoms with Crippen LogP contribution in [0.5, 0.6) is 0 Å². The monoisotopic (exact) mass is 359 g/mol. The number of rotatable bonds is 4. The summed E-state index contributed by atoms with van der Waals surface area (Å²) in [7, 11) is 0. The highest BCUT2D eigenvalue weighted by molar-refractivity contribution is 5.99. The Labute approximate surface area is 157 Å². The summed E-state index contributed by atoms with van der Waals surface area (Å²) in [5, 5.41) is 22.1. The molecule has 5 rings (SSSR count). The number of fused-ring (bicyclic) bond motifs is 3. The zero-order valence-electron chi connectivity index (χ0n) is 15.0. The molecule has 2 aromatic heterocycles. The summed E-state index contributed by atoms with van der Waals surface area (Å²) in [6.45, 7) is 3.18. The Morgan fingerprint density at radius 3 is 2.48 bits per heavy atom. The minimum absolute atomic E-state index is 0.405. The number of tetrazole rings is 1. The molecule has 4 aromatic rings. The Balaban J connectivity index is 1.31. The van der Waals surface area contributed by atoms with Gasteiger partial charge in [0.05, 0.1) is 0 Å². The van der Waals surface area contributed by atoms with E-state index in [-0.39, 0.29) is 0 Å². The Hall–Kier alpha value is -3.06. The number of hydrogen-bond donors (Lipinski definition) is 1. The Morgan fingerprint density at radius 1 is 0.926 bits per heavy atom. The Kier molecular flexibility index (Phi) is 4.14. The van der Waals surface area contributed by atoms with E-state index >= 15 is 0 Å². The minimum atomic E-state index is 0.405. The quantitative estimate of drug-likeness (QED) is 0.604. The van der Waals surface area contributed by atoms with E-state index in [2.05, 4.69) is 67.2 Å². The third-order valence-electron chi connectivity index (χ3n) is 5.25. The fourth-order valence-electron chi connectivity index (χ4n) is 3.82. The highest BCUT2D eigenvalue weighted by Crippen LogP contribution is 2.25. The van der Waals surface area contributed by atoms with E-state index in [9.17, 15) is 0 Å². The van der Waals surface area contributed by atoms with Gasteiger partial charge in [-0.3, -0.25) is 4.90 Å². The van der Waals surface area contributed by atoms with E-state index in [0.29, 0.717) is 11.7 Å². The van der Waals surface area contributed by atoms with Crippen molar-refractivity contribution in [3.63, 3.8) is 0 Å². The summed E-state index contributed by atoms with van der Waals surface area (Å²) >= 11 is 0. The molecule has 0 atom stereocenters. The molecule has 1 fully saturated rings. The fourth-order valence-corrected chi connectivity index (χ4v) is 3.82. The maximum Gasteiger partial charge on any atom is 0.207 e. The smallest absolute Gasteiger partial charge is 0.207 e. The molecule has 1 aliphatic rings.